The summed E-state index contributed by atoms with van der Waals surface area (Å²) in [7, 11) is 0. The predicted molar refractivity (Wildman–Crippen MR) is 114 cm³/mol. The van der Waals surface area contributed by atoms with Gasteiger partial charge in [-0.2, -0.15) is 0 Å². The van der Waals surface area contributed by atoms with E-state index in [1.807, 2.05) is 31.2 Å². The van der Waals surface area contributed by atoms with E-state index in [0.29, 0.717) is 43.2 Å². The van der Waals surface area contributed by atoms with Gasteiger partial charge in [-0.05, 0) is 42.7 Å². The average molecular weight is 425 g/mol. The van der Waals surface area contributed by atoms with Crippen molar-refractivity contribution in [2.75, 3.05) is 26.4 Å². The zero-order valence-corrected chi connectivity index (χ0v) is 17.6. The van der Waals surface area contributed by atoms with Gasteiger partial charge in [0.15, 0.2) is 23.9 Å². The van der Waals surface area contributed by atoms with Gasteiger partial charge in [0.05, 0.1) is 19.6 Å². The number of hydrogen-bond donors (Lipinski definition) is 1. The molecular weight excluding hydrogens is 398 g/mol. The SMILES string of the molecule is Cc1ccccc1CCNC(=O)COC(=O)CCC(=O)c1ccc2c(c1)OCCCO2. The van der Waals surface area contributed by atoms with Crippen LogP contribution in [-0.2, 0) is 20.7 Å². The summed E-state index contributed by atoms with van der Waals surface area (Å²) in [6, 6.07) is 13.0. The molecule has 7 heteroatoms. The molecule has 1 heterocycles. The molecule has 7 nitrogen and oxygen atoms in total. The first kappa shape index (κ1) is 22.3. The Morgan fingerprint density at radius 3 is 2.58 bits per heavy atom. The Hall–Kier alpha value is -3.35. The number of esters is 1. The third-order valence-electron chi connectivity index (χ3n) is 4.97. The molecule has 3 rings (SSSR count). The van der Waals surface area contributed by atoms with Crippen LogP contribution in [0.15, 0.2) is 42.5 Å². The molecule has 2 aromatic rings. The van der Waals surface area contributed by atoms with Crippen molar-refractivity contribution in [2.24, 2.45) is 0 Å². The first-order valence-electron chi connectivity index (χ1n) is 10.4. The largest absolute Gasteiger partial charge is 0.490 e. The molecule has 0 saturated heterocycles. The fraction of sp³-hybridized carbons (Fsp3) is 0.375. The van der Waals surface area contributed by atoms with Gasteiger partial charge in [0.2, 0.25) is 0 Å². The van der Waals surface area contributed by atoms with Crippen LogP contribution in [0.2, 0.25) is 0 Å². The highest BCUT2D eigenvalue weighted by molar-refractivity contribution is 5.98. The van der Waals surface area contributed by atoms with E-state index in [-0.39, 0.29) is 31.1 Å². The van der Waals surface area contributed by atoms with Crippen molar-refractivity contribution < 1.29 is 28.6 Å². The molecule has 0 spiro atoms. The maximum absolute atomic E-state index is 12.4. The smallest absolute Gasteiger partial charge is 0.306 e. The number of Topliss-reactive ketones (excluding diaryl/α,β-unsaturated/α-hetero) is 1. The van der Waals surface area contributed by atoms with Crippen LogP contribution >= 0.6 is 0 Å². The minimum Gasteiger partial charge on any atom is -0.490 e. The van der Waals surface area contributed by atoms with E-state index in [1.54, 1.807) is 18.2 Å². The minimum absolute atomic E-state index is 0.00657. The highest BCUT2D eigenvalue weighted by Gasteiger charge is 2.16. The first-order chi connectivity index (χ1) is 15.0. The fourth-order valence-corrected chi connectivity index (χ4v) is 3.19. The lowest BCUT2D eigenvalue weighted by molar-refractivity contribution is -0.148. The summed E-state index contributed by atoms with van der Waals surface area (Å²) in [6.45, 7) is 3.23. The number of nitrogens with one attached hydrogen (secondary N) is 1. The van der Waals surface area contributed by atoms with Gasteiger partial charge in [-0.15, -0.1) is 0 Å². The van der Waals surface area contributed by atoms with Crippen LogP contribution in [0.3, 0.4) is 0 Å². The number of fused-ring (bicyclic) bond motifs is 1. The lowest BCUT2D eigenvalue weighted by Crippen LogP contribution is -2.30. The quantitative estimate of drug-likeness (QED) is 0.491. The molecule has 0 bridgehead atoms. The molecule has 1 aliphatic heterocycles. The van der Waals surface area contributed by atoms with E-state index in [0.717, 1.165) is 12.0 Å². The van der Waals surface area contributed by atoms with Gasteiger partial charge in [-0.3, -0.25) is 14.4 Å². The Kier molecular flexibility index (Phi) is 8.04. The molecule has 0 fully saturated rings. The third kappa shape index (κ3) is 6.84. The van der Waals surface area contributed by atoms with Gasteiger partial charge in [0, 0.05) is 24.9 Å². The van der Waals surface area contributed by atoms with E-state index in [4.69, 9.17) is 14.2 Å². The molecule has 0 saturated carbocycles. The molecule has 0 radical (unpaired) electrons. The van der Waals surface area contributed by atoms with Crippen molar-refractivity contribution in [3.63, 3.8) is 0 Å². The molecule has 164 valence electrons. The number of hydrogen-bond acceptors (Lipinski definition) is 6. The van der Waals surface area contributed by atoms with E-state index < -0.39 is 5.97 Å². The summed E-state index contributed by atoms with van der Waals surface area (Å²) >= 11 is 0. The highest BCUT2D eigenvalue weighted by atomic mass is 16.5. The van der Waals surface area contributed by atoms with E-state index in [9.17, 15) is 14.4 Å². The van der Waals surface area contributed by atoms with Crippen LogP contribution in [0, 0.1) is 6.92 Å². The van der Waals surface area contributed by atoms with Crippen molar-refractivity contribution in [2.45, 2.75) is 32.6 Å². The van der Waals surface area contributed by atoms with E-state index >= 15 is 0 Å². The van der Waals surface area contributed by atoms with Gasteiger partial charge < -0.3 is 19.5 Å². The standard InChI is InChI=1S/C24H27NO6/c1-17-5-2-3-6-18(17)11-12-25-23(27)16-31-24(28)10-8-20(26)19-7-9-21-22(15-19)30-14-4-13-29-21/h2-3,5-7,9,15H,4,8,10-14,16H2,1H3,(H,25,27). The number of carbonyl (C=O) groups is 3. The second-order valence-electron chi connectivity index (χ2n) is 7.32. The van der Waals surface area contributed by atoms with Gasteiger partial charge in [-0.1, -0.05) is 24.3 Å². The Balaban J connectivity index is 1.36. The first-order valence-corrected chi connectivity index (χ1v) is 10.4. The average Bonchev–Trinajstić information content (AvgIpc) is 3.02. The zero-order valence-electron chi connectivity index (χ0n) is 17.6. The topological polar surface area (TPSA) is 90.9 Å². The molecule has 0 aliphatic carbocycles. The normalized spacial score (nSPS) is 12.5. The van der Waals surface area contributed by atoms with Crippen LogP contribution < -0.4 is 14.8 Å². The second-order valence-corrected chi connectivity index (χ2v) is 7.32. The number of amides is 1. The maximum Gasteiger partial charge on any atom is 0.306 e. The van der Waals surface area contributed by atoms with E-state index in [1.165, 1.54) is 5.56 Å². The molecule has 2 aromatic carbocycles. The molecule has 1 aliphatic rings. The van der Waals surface area contributed by atoms with Crippen LogP contribution in [0.4, 0.5) is 0 Å². The van der Waals surface area contributed by atoms with E-state index in [2.05, 4.69) is 5.32 Å². The van der Waals surface area contributed by atoms with Crippen molar-refractivity contribution in [3.8, 4) is 11.5 Å². The number of ether oxygens (including phenoxy) is 3. The highest BCUT2D eigenvalue weighted by Crippen LogP contribution is 2.30. The Morgan fingerprint density at radius 2 is 1.77 bits per heavy atom. The molecule has 31 heavy (non-hydrogen) atoms. The summed E-state index contributed by atoms with van der Waals surface area (Å²) in [4.78, 5) is 36.1. The fourth-order valence-electron chi connectivity index (χ4n) is 3.19. The van der Waals surface area contributed by atoms with Crippen LogP contribution in [0.5, 0.6) is 11.5 Å². The lowest BCUT2D eigenvalue weighted by Gasteiger charge is -2.09. The van der Waals surface area contributed by atoms with Crippen LogP contribution in [-0.4, -0.2) is 44.0 Å². The summed E-state index contributed by atoms with van der Waals surface area (Å²) < 4.78 is 16.1. The predicted octanol–water partition coefficient (Wildman–Crippen LogP) is 3.02. The second kappa shape index (κ2) is 11.2. The molecule has 0 atom stereocenters. The van der Waals surface area contributed by atoms with Crippen LogP contribution in [0.25, 0.3) is 0 Å². The Labute approximate surface area is 181 Å². The molecule has 0 unspecified atom stereocenters. The van der Waals surface area contributed by atoms with Crippen LogP contribution in [0.1, 0.15) is 40.7 Å². The number of benzene rings is 2. The lowest BCUT2D eigenvalue weighted by atomic mass is 10.1. The number of aryl methyl sites for hydroxylation is 1. The summed E-state index contributed by atoms with van der Waals surface area (Å²) in [5.41, 5.74) is 2.78. The Morgan fingerprint density at radius 1 is 1.00 bits per heavy atom. The van der Waals surface area contributed by atoms with Crippen molar-refractivity contribution in [1.82, 2.24) is 5.32 Å². The number of ketones is 1. The monoisotopic (exact) mass is 425 g/mol. The molecule has 1 N–H and O–H groups in total. The number of rotatable bonds is 9. The van der Waals surface area contributed by atoms with Crippen molar-refractivity contribution in [3.05, 3.63) is 59.2 Å². The van der Waals surface area contributed by atoms with Gasteiger partial charge in [0.1, 0.15) is 0 Å². The zero-order chi connectivity index (χ0) is 22.1. The summed E-state index contributed by atoms with van der Waals surface area (Å²) in [5, 5.41) is 2.73. The minimum atomic E-state index is -0.586. The van der Waals surface area contributed by atoms with Crippen molar-refractivity contribution in [1.29, 1.82) is 0 Å². The molecule has 0 aromatic heterocycles. The van der Waals surface area contributed by atoms with Gasteiger partial charge in [-0.25, -0.2) is 0 Å². The third-order valence-corrected chi connectivity index (χ3v) is 4.97. The molecular formula is C24H27NO6. The van der Waals surface area contributed by atoms with Gasteiger partial charge >= 0.3 is 5.97 Å². The van der Waals surface area contributed by atoms with Crippen molar-refractivity contribution >= 4 is 17.7 Å². The molecule has 1 amide bonds. The maximum atomic E-state index is 12.4. The number of carbonyl (C=O) groups excluding carboxylic acids is 3. The van der Waals surface area contributed by atoms with Gasteiger partial charge in [0.25, 0.3) is 5.91 Å². The Bertz CT molecular complexity index is 939. The summed E-state index contributed by atoms with van der Waals surface area (Å²) in [6.07, 6.45) is 1.39. The summed E-state index contributed by atoms with van der Waals surface area (Å²) in [5.74, 6) is -0.00150.